The van der Waals surface area contributed by atoms with E-state index in [0.717, 1.165) is 23.0 Å². The van der Waals surface area contributed by atoms with Crippen molar-refractivity contribution in [3.63, 3.8) is 0 Å². The number of fused-ring (bicyclic) bond motifs is 1. The minimum Gasteiger partial charge on any atom is -0.395 e. The number of rotatable bonds is 3. The third-order valence-electron chi connectivity index (χ3n) is 3.16. The lowest BCUT2D eigenvalue weighted by atomic mass is 10.1. The Balaban J connectivity index is 1.81. The van der Waals surface area contributed by atoms with Crippen molar-refractivity contribution in [2.45, 2.75) is 6.42 Å². The number of benzene rings is 1. The summed E-state index contributed by atoms with van der Waals surface area (Å²) in [6.07, 6.45) is 2.48. The average Bonchev–Trinajstić information content (AvgIpc) is 3.06. The van der Waals surface area contributed by atoms with Crippen LogP contribution >= 0.6 is 0 Å². The summed E-state index contributed by atoms with van der Waals surface area (Å²) in [6, 6.07) is 5.59. The molecule has 2 heterocycles. The summed E-state index contributed by atoms with van der Waals surface area (Å²) in [5.41, 5.74) is 2.44. The van der Waals surface area contributed by atoms with Gasteiger partial charge in [0.25, 0.3) is 5.91 Å². The van der Waals surface area contributed by atoms with Gasteiger partial charge in [0, 0.05) is 18.9 Å². The highest BCUT2D eigenvalue weighted by Gasteiger charge is 2.14. The molecule has 0 bridgehead atoms. The first-order valence-corrected chi connectivity index (χ1v) is 6.12. The fraction of sp³-hybridized carbons (Fsp3) is 0.308. The molecule has 98 valence electrons. The van der Waals surface area contributed by atoms with Gasteiger partial charge in [0.05, 0.1) is 29.5 Å². The van der Waals surface area contributed by atoms with Gasteiger partial charge < -0.3 is 10.2 Å². The van der Waals surface area contributed by atoms with Gasteiger partial charge in [-0.05, 0) is 12.1 Å². The van der Waals surface area contributed by atoms with Gasteiger partial charge in [-0.2, -0.15) is 5.10 Å². The molecular formula is C13H14N4O2. The lowest BCUT2D eigenvalue weighted by Gasteiger charge is -2.05. The standard InChI is InChI=1S/C13H14N4O2/c1-17-12-4-2-3-10(11(12)8-15-17)13(18)14-7-9-5-6-19-16-9/h2-4,8H,5-7H2,1H3,(H,14,18). The molecule has 0 radical (unpaired) electrons. The first-order valence-electron chi connectivity index (χ1n) is 6.12. The molecule has 0 saturated carbocycles. The van der Waals surface area contributed by atoms with Gasteiger partial charge >= 0.3 is 0 Å². The molecule has 0 aliphatic carbocycles. The van der Waals surface area contributed by atoms with Crippen LogP contribution in [-0.4, -0.2) is 34.6 Å². The van der Waals surface area contributed by atoms with Crippen LogP contribution in [0.3, 0.4) is 0 Å². The summed E-state index contributed by atoms with van der Waals surface area (Å²) in [5.74, 6) is -0.117. The van der Waals surface area contributed by atoms with Crippen molar-refractivity contribution < 1.29 is 9.63 Å². The highest BCUT2D eigenvalue weighted by molar-refractivity contribution is 6.07. The maximum atomic E-state index is 12.2. The average molecular weight is 258 g/mol. The topological polar surface area (TPSA) is 68.5 Å². The van der Waals surface area contributed by atoms with Crippen molar-refractivity contribution in [1.29, 1.82) is 0 Å². The summed E-state index contributed by atoms with van der Waals surface area (Å²) in [5, 5.41) is 11.7. The van der Waals surface area contributed by atoms with E-state index in [4.69, 9.17) is 4.84 Å². The summed E-state index contributed by atoms with van der Waals surface area (Å²) >= 11 is 0. The van der Waals surface area contributed by atoms with Crippen molar-refractivity contribution in [1.82, 2.24) is 15.1 Å². The summed E-state index contributed by atoms with van der Waals surface area (Å²) < 4.78 is 1.75. The molecule has 19 heavy (non-hydrogen) atoms. The van der Waals surface area contributed by atoms with Crippen LogP contribution in [-0.2, 0) is 11.9 Å². The van der Waals surface area contributed by atoms with Crippen LogP contribution in [0.15, 0.2) is 29.6 Å². The third kappa shape index (κ3) is 2.16. The van der Waals surface area contributed by atoms with Crippen molar-refractivity contribution >= 4 is 22.5 Å². The first kappa shape index (κ1) is 11.7. The minimum absolute atomic E-state index is 0.117. The van der Waals surface area contributed by atoms with Crippen molar-refractivity contribution in [3.8, 4) is 0 Å². The third-order valence-corrected chi connectivity index (χ3v) is 3.16. The van der Waals surface area contributed by atoms with E-state index in [-0.39, 0.29) is 5.91 Å². The maximum Gasteiger partial charge on any atom is 0.252 e. The van der Waals surface area contributed by atoms with Crippen LogP contribution < -0.4 is 5.32 Å². The van der Waals surface area contributed by atoms with Gasteiger partial charge in [-0.1, -0.05) is 11.2 Å². The Labute approximate surface area is 110 Å². The molecule has 0 unspecified atom stereocenters. The van der Waals surface area contributed by atoms with E-state index in [9.17, 15) is 4.79 Å². The molecule has 1 aromatic heterocycles. The van der Waals surface area contributed by atoms with Crippen LogP contribution in [0.25, 0.3) is 10.9 Å². The maximum absolute atomic E-state index is 12.2. The molecule has 2 aromatic rings. The number of aryl methyl sites for hydroxylation is 1. The SMILES string of the molecule is Cn1ncc2c(C(=O)NCC3=NOCC3)cccc21. The molecule has 1 aliphatic rings. The predicted molar refractivity (Wildman–Crippen MR) is 71.1 cm³/mol. The van der Waals surface area contributed by atoms with E-state index in [1.54, 1.807) is 16.9 Å². The second kappa shape index (κ2) is 4.72. The lowest BCUT2D eigenvalue weighted by Crippen LogP contribution is -2.29. The molecule has 1 aromatic carbocycles. The van der Waals surface area contributed by atoms with E-state index < -0.39 is 0 Å². The quantitative estimate of drug-likeness (QED) is 0.895. The Hall–Kier alpha value is -2.37. The smallest absolute Gasteiger partial charge is 0.252 e. The van der Waals surface area contributed by atoms with Gasteiger partial charge in [0.2, 0.25) is 0 Å². The number of carbonyl (C=O) groups excluding carboxylic acids is 1. The Kier molecular flexibility index (Phi) is 2.91. The fourth-order valence-electron chi connectivity index (χ4n) is 2.12. The first-order chi connectivity index (χ1) is 9.25. The number of amides is 1. The highest BCUT2D eigenvalue weighted by Crippen LogP contribution is 2.17. The van der Waals surface area contributed by atoms with Crippen LogP contribution in [0.1, 0.15) is 16.8 Å². The zero-order valence-corrected chi connectivity index (χ0v) is 10.6. The molecule has 1 aliphatic heterocycles. The van der Waals surface area contributed by atoms with E-state index in [1.165, 1.54) is 0 Å². The number of oxime groups is 1. The van der Waals surface area contributed by atoms with Crippen LogP contribution in [0.4, 0.5) is 0 Å². The van der Waals surface area contributed by atoms with Gasteiger partial charge in [0.1, 0.15) is 6.61 Å². The van der Waals surface area contributed by atoms with E-state index in [2.05, 4.69) is 15.6 Å². The number of carbonyl (C=O) groups is 1. The molecule has 1 N–H and O–H groups in total. The summed E-state index contributed by atoms with van der Waals surface area (Å²) in [7, 11) is 1.86. The molecule has 0 saturated heterocycles. The van der Waals surface area contributed by atoms with Gasteiger partial charge in [-0.15, -0.1) is 0 Å². The predicted octanol–water partition coefficient (Wildman–Crippen LogP) is 1.08. The molecule has 0 spiro atoms. The van der Waals surface area contributed by atoms with E-state index >= 15 is 0 Å². The zero-order valence-electron chi connectivity index (χ0n) is 10.6. The monoisotopic (exact) mass is 258 g/mol. The molecule has 3 rings (SSSR count). The number of hydrogen-bond donors (Lipinski definition) is 1. The lowest BCUT2D eigenvalue weighted by molar-refractivity contribution is 0.0961. The molecule has 1 amide bonds. The molecule has 0 fully saturated rings. The van der Waals surface area contributed by atoms with Gasteiger partial charge in [-0.25, -0.2) is 0 Å². The largest absolute Gasteiger partial charge is 0.395 e. The minimum atomic E-state index is -0.117. The van der Waals surface area contributed by atoms with Crippen molar-refractivity contribution in [2.24, 2.45) is 12.2 Å². The Morgan fingerprint density at radius 2 is 2.42 bits per heavy atom. The van der Waals surface area contributed by atoms with Crippen molar-refractivity contribution in [2.75, 3.05) is 13.2 Å². The van der Waals surface area contributed by atoms with E-state index in [0.29, 0.717) is 18.7 Å². The molecular weight excluding hydrogens is 244 g/mol. The molecule has 0 atom stereocenters. The second-order valence-corrected chi connectivity index (χ2v) is 4.43. The summed E-state index contributed by atoms with van der Waals surface area (Å²) in [6.45, 7) is 1.03. The Morgan fingerprint density at radius 3 is 3.21 bits per heavy atom. The number of hydrogen-bond acceptors (Lipinski definition) is 4. The zero-order chi connectivity index (χ0) is 13.2. The Morgan fingerprint density at radius 1 is 1.53 bits per heavy atom. The number of nitrogens with zero attached hydrogens (tertiary/aromatic N) is 3. The number of nitrogens with one attached hydrogen (secondary N) is 1. The van der Waals surface area contributed by atoms with Crippen molar-refractivity contribution in [3.05, 3.63) is 30.0 Å². The van der Waals surface area contributed by atoms with Gasteiger partial charge in [0.15, 0.2) is 0 Å². The Bertz CT molecular complexity index is 660. The second-order valence-electron chi connectivity index (χ2n) is 4.43. The normalized spacial score (nSPS) is 14.3. The summed E-state index contributed by atoms with van der Waals surface area (Å²) in [4.78, 5) is 17.1. The van der Waals surface area contributed by atoms with Crippen LogP contribution in [0.5, 0.6) is 0 Å². The van der Waals surface area contributed by atoms with E-state index in [1.807, 2.05) is 19.2 Å². The number of aromatic nitrogens is 2. The molecule has 6 nitrogen and oxygen atoms in total. The van der Waals surface area contributed by atoms with Crippen LogP contribution in [0, 0.1) is 0 Å². The van der Waals surface area contributed by atoms with Gasteiger partial charge in [-0.3, -0.25) is 9.48 Å². The fourth-order valence-corrected chi connectivity index (χ4v) is 2.12. The molecule has 6 heteroatoms. The highest BCUT2D eigenvalue weighted by atomic mass is 16.6. The van der Waals surface area contributed by atoms with Crippen LogP contribution in [0.2, 0.25) is 0 Å².